The smallest absolute Gasteiger partial charge is 0.0798 e. The molecular weight excluding hydrogens is 298 g/mol. The van der Waals surface area contributed by atoms with Crippen LogP contribution in [-0.4, -0.2) is 27.2 Å². The molecule has 1 unspecified atom stereocenters. The largest absolute Gasteiger partial charge is 0.389 e. The van der Waals surface area contributed by atoms with Crippen molar-refractivity contribution in [1.29, 1.82) is 0 Å². The van der Waals surface area contributed by atoms with Crippen LogP contribution < -0.4 is 0 Å². The number of aliphatic hydroxyl groups is 1. The summed E-state index contributed by atoms with van der Waals surface area (Å²) in [5.41, 5.74) is 0.578. The van der Waals surface area contributed by atoms with Crippen LogP contribution >= 0.6 is 27.7 Å². The van der Waals surface area contributed by atoms with Crippen molar-refractivity contribution in [1.82, 2.24) is 4.98 Å². The fourth-order valence-corrected chi connectivity index (χ4v) is 4.05. The first kappa shape index (κ1) is 13.4. The topological polar surface area (TPSA) is 33.1 Å². The van der Waals surface area contributed by atoms with Crippen LogP contribution in [0.4, 0.5) is 0 Å². The Kier molecular flexibility index (Phi) is 3.86. The molecule has 4 heteroatoms. The van der Waals surface area contributed by atoms with Crippen molar-refractivity contribution >= 4 is 27.7 Å². The molecule has 1 aliphatic heterocycles. The molecule has 0 radical (unpaired) electrons. The number of hydrogen-bond donors (Lipinski definition) is 1. The van der Waals surface area contributed by atoms with Gasteiger partial charge in [-0.05, 0) is 45.7 Å². The molecule has 2 nitrogen and oxygen atoms in total. The van der Waals surface area contributed by atoms with E-state index in [0.29, 0.717) is 6.42 Å². The fourth-order valence-electron chi connectivity index (χ4n) is 2.47. The first-order chi connectivity index (χ1) is 7.89. The molecule has 2 rings (SSSR count). The van der Waals surface area contributed by atoms with E-state index < -0.39 is 5.60 Å². The summed E-state index contributed by atoms with van der Waals surface area (Å²) < 4.78 is 0.978. The summed E-state index contributed by atoms with van der Waals surface area (Å²) >= 11 is 5.22. The minimum absolute atomic E-state index is 0.215. The maximum absolute atomic E-state index is 10.7. The molecule has 0 spiro atoms. The molecule has 1 aromatic rings. The van der Waals surface area contributed by atoms with Crippen molar-refractivity contribution in [3.05, 3.63) is 28.5 Å². The molecule has 94 valence electrons. The molecule has 1 aliphatic rings. The van der Waals surface area contributed by atoms with E-state index in [1.165, 1.54) is 0 Å². The molecule has 0 bridgehead atoms. The number of nitrogens with zero attached hydrogens (tertiary/aromatic N) is 1. The van der Waals surface area contributed by atoms with Gasteiger partial charge in [-0.15, -0.1) is 0 Å². The van der Waals surface area contributed by atoms with Crippen molar-refractivity contribution < 1.29 is 5.11 Å². The van der Waals surface area contributed by atoms with Crippen LogP contribution in [0.15, 0.2) is 22.8 Å². The van der Waals surface area contributed by atoms with Gasteiger partial charge < -0.3 is 5.11 Å². The van der Waals surface area contributed by atoms with Crippen molar-refractivity contribution in [2.45, 2.75) is 32.3 Å². The van der Waals surface area contributed by atoms with Crippen molar-refractivity contribution in [2.75, 3.05) is 11.5 Å². The van der Waals surface area contributed by atoms with Gasteiger partial charge in [-0.1, -0.05) is 13.8 Å². The standard InChI is InChI=1S/C13H18BrNOS/c1-12(2)7-13(16,9-17-8-12)5-11-4-3-10(14)6-15-11/h3-4,6,16H,5,7-9H2,1-2H3. The SMILES string of the molecule is CC1(C)CSCC(O)(Cc2ccc(Br)cn2)C1. The van der Waals surface area contributed by atoms with Crippen LogP contribution in [0.5, 0.6) is 0 Å². The molecule has 17 heavy (non-hydrogen) atoms. The van der Waals surface area contributed by atoms with E-state index in [1.54, 1.807) is 6.20 Å². The third-order valence-corrected chi connectivity index (χ3v) is 5.17. The van der Waals surface area contributed by atoms with E-state index in [2.05, 4.69) is 34.8 Å². The first-order valence-corrected chi connectivity index (χ1v) is 7.74. The Morgan fingerprint density at radius 3 is 2.76 bits per heavy atom. The van der Waals surface area contributed by atoms with Gasteiger partial charge in [0.1, 0.15) is 0 Å². The van der Waals surface area contributed by atoms with Gasteiger partial charge in [-0.2, -0.15) is 11.8 Å². The number of thioether (sulfide) groups is 1. The van der Waals surface area contributed by atoms with Gasteiger partial charge in [0, 0.05) is 28.5 Å². The molecule has 2 heterocycles. The molecule has 0 amide bonds. The van der Waals surface area contributed by atoms with Crippen molar-refractivity contribution in [3.8, 4) is 0 Å². The highest BCUT2D eigenvalue weighted by molar-refractivity contribution is 9.10. The molecule has 0 aliphatic carbocycles. The van der Waals surface area contributed by atoms with Gasteiger partial charge in [0.05, 0.1) is 5.60 Å². The Morgan fingerprint density at radius 1 is 1.41 bits per heavy atom. The average Bonchev–Trinajstić information content (AvgIpc) is 2.19. The van der Waals surface area contributed by atoms with Crippen molar-refractivity contribution in [2.24, 2.45) is 5.41 Å². The van der Waals surface area contributed by atoms with Gasteiger partial charge in [0.2, 0.25) is 0 Å². The van der Waals surface area contributed by atoms with E-state index in [0.717, 1.165) is 28.1 Å². The van der Waals surface area contributed by atoms with Crippen LogP contribution in [0.2, 0.25) is 0 Å². The first-order valence-electron chi connectivity index (χ1n) is 5.79. The van der Waals surface area contributed by atoms with E-state index in [1.807, 2.05) is 23.9 Å². The number of pyridine rings is 1. The minimum Gasteiger partial charge on any atom is -0.389 e. The highest BCUT2D eigenvalue weighted by Crippen LogP contribution is 2.40. The lowest BCUT2D eigenvalue weighted by Gasteiger charge is -2.41. The molecule has 0 saturated carbocycles. The van der Waals surface area contributed by atoms with E-state index in [9.17, 15) is 5.11 Å². The lowest BCUT2D eigenvalue weighted by Crippen LogP contribution is -2.44. The second kappa shape index (κ2) is 4.90. The molecule has 1 atom stereocenters. The van der Waals surface area contributed by atoms with Crippen LogP contribution in [0.3, 0.4) is 0 Å². The second-order valence-electron chi connectivity index (χ2n) is 5.70. The van der Waals surface area contributed by atoms with E-state index in [4.69, 9.17) is 0 Å². The Bertz CT molecular complexity index is 393. The third-order valence-electron chi connectivity index (χ3n) is 2.97. The fraction of sp³-hybridized carbons (Fsp3) is 0.615. The Hall–Kier alpha value is -0.0600. The molecule has 0 aromatic carbocycles. The number of halogens is 1. The summed E-state index contributed by atoms with van der Waals surface area (Å²) in [6, 6.07) is 3.96. The molecule has 1 aromatic heterocycles. The zero-order valence-corrected chi connectivity index (χ0v) is 12.6. The summed E-state index contributed by atoms with van der Waals surface area (Å²) in [6.07, 6.45) is 3.29. The summed E-state index contributed by atoms with van der Waals surface area (Å²) in [4.78, 5) is 4.35. The van der Waals surface area contributed by atoms with Crippen LogP contribution in [-0.2, 0) is 6.42 Å². The average molecular weight is 316 g/mol. The van der Waals surface area contributed by atoms with Gasteiger partial charge in [-0.3, -0.25) is 4.98 Å². The number of aromatic nitrogens is 1. The monoisotopic (exact) mass is 315 g/mol. The van der Waals surface area contributed by atoms with E-state index in [-0.39, 0.29) is 5.41 Å². The molecule has 1 fully saturated rings. The predicted molar refractivity (Wildman–Crippen MR) is 76.3 cm³/mol. The maximum atomic E-state index is 10.7. The Labute approximate surface area is 115 Å². The van der Waals surface area contributed by atoms with E-state index >= 15 is 0 Å². The lowest BCUT2D eigenvalue weighted by atomic mass is 9.80. The highest BCUT2D eigenvalue weighted by atomic mass is 79.9. The number of rotatable bonds is 2. The summed E-state index contributed by atoms with van der Waals surface area (Å²) in [5.74, 6) is 1.94. The Morgan fingerprint density at radius 2 is 2.18 bits per heavy atom. The Balaban J connectivity index is 2.09. The zero-order valence-electron chi connectivity index (χ0n) is 10.2. The normalized spacial score (nSPS) is 28.0. The van der Waals surface area contributed by atoms with Crippen LogP contribution in [0, 0.1) is 5.41 Å². The van der Waals surface area contributed by atoms with Crippen LogP contribution in [0.1, 0.15) is 26.0 Å². The van der Waals surface area contributed by atoms with Gasteiger partial charge >= 0.3 is 0 Å². The predicted octanol–water partition coefficient (Wildman–Crippen LogP) is 3.28. The summed E-state index contributed by atoms with van der Waals surface area (Å²) in [6.45, 7) is 4.44. The van der Waals surface area contributed by atoms with Crippen LogP contribution in [0.25, 0.3) is 0 Å². The highest BCUT2D eigenvalue weighted by Gasteiger charge is 2.39. The zero-order chi connectivity index (χ0) is 12.5. The quantitative estimate of drug-likeness (QED) is 0.909. The maximum Gasteiger partial charge on any atom is 0.0798 e. The lowest BCUT2D eigenvalue weighted by molar-refractivity contribution is 0.0192. The summed E-state index contributed by atoms with van der Waals surface area (Å²) in [5, 5.41) is 10.7. The number of hydrogen-bond acceptors (Lipinski definition) is 3. The molecule has 1 N–H and O–H groups in total. The van der Waals surface area contributed by atoms with Gasteiger partial charge in [0.25, 0.3) is 0 Å². The molecular formula is C13H18BrNOS. The molecule has 1 saturated heterocycles. The van der Waals surface area contributed by atoms with Gasteiger partial charge in [0.15, 0.2) is 0 Å². The summed E-state index contributed by atoms with van der Waals surface area (Å²) in [7, 11) is 0. The van der Waals surface area contributed by atoms with Crippen molar-refractivity contribution in [3.63, 3.8) is 0 Å². The third kappa shape index (κ3) is 3.70. The minimum atomic E-state index is -0.604. The van der Waals surface area contributed by atoms with Gasteiger partial charge in [-0.25, -0.2) is 0 Å². The second-order valence-corrected chi connectivity index (χ2v) is 7.60.